The number of imide groups is 1. The van der Waals surface area contributed by atoms with Gasteiger partial charge in [0.1, 0.15) is 0 Å². The second kappa shape index (κ2) is 4.28. The zero-order chi connectivity index (χ0) is 15.7. The lowest BCUT2D eigenvalue weighted by atomic mass is 9.63. The molecule has 0 unspecified atom stereocenters. The Kier molecular flexibility index (Phi) is 2.42. The van der Waals surface area contributed by atoms with Crippen molar-refractivity contribution in [1.82, 2.24) is 15.4 Å². The topological polar surface area (TPSA) is 79.4 Å². The van der Waals surface area contributed by atoms with Crippen molar-refractivity contribution in [2.45, 2.75) is 6.42 Å². The Labute approximate surface area is 132 Å². The van der Waals surface area contributed by atoms with E-state index in [1.54, 1.807) is 18.3 Å². The first-order chi connectivity index (χ1) is 11.2. The van der Waals surface area contributed by atoms with Crippen molar-refractivity contribution in [1.29, 1.82) is 0 Å². The summed E-state index contributed by atoms with van der Waals surface area (Å²) in [5.41, 5.74) is 2.80. The third-order valence-electron chi connectivity index (χ3n) is 5.80. The summed E-state index contributed by atoms with van der Waals surface area (Å²) in [4.78, 5) is 41.5. The van der Waals surface area contributed by atoms with Gasteiger partial charge >= 0.3 is 0 Å². The Morgan fingerprint density at radius 2 is 1.78 bits per heavy atom. The molecule has 0 spiro atoms. The van der Waals surface area contributed by atoms with Crippen LogP contribution in [0.25, 0.3) is 0 Å². The zero-order valence-corrected chi connectivity index (χ0v) is 12.3. The van der Waals surface area contributed by atoms with Crippen molar-refractivity contribution >= 4 is 17.7 Å². The molecule has 5 aliphatic rings. The number of amides is 3. The first-order valence-electron chi connectivity index (χ1n) is 7.94. The van der Waals surface area contributed by atoms with Crippen LogP contribution in [-0.2, 0) is 9.59 Å². The van der Waals surface area contributed by atoms with Crippen LogP contribution in [0, 0.1) is 35.5 Å². The predicted octanol–water partition coefficient (Wildman–Crippen LogP) is 0.779. The Balaban J connectivity index is 1.42. The highest BCUT2D eigenvalue weighted by Gasteiger charge is 2.67. The molecule has 2 heterocycles. The number of carbonyl (C=O) groups is 3. The van der Waals surface area contributed by atoms with Crippen molar-refractivity contribution < 1.29 is 14.4 Å². The van der Waals surface area contributed by atoms with Gasteiger partial charge in [0.15, 0.2) is 0 Å². The van der Waals surface area contributed by atoms with Gasteiger partial charge in [-0.3, -0.25) is 24.8 Å². The molecule has 2 saturated carbocycles. The van der Waals surface area contributed by atoms with Crippen LogP contribution in [0.3, 0.4) is 0 Å². The van der Waals surface area contributed by atoms with E-state index >= 15 is 0 Å². The fourth-order valence-electron chi connectivity index (χ4n) is 4.73. The highest BCUT2D eigenvalue weighted by molar-refractivity contribution is 6.08. The molecule has 0 radical (unpaired) electrons. The van der Waals surface area contributed by atoms with Crippen molar-refractivity contribution in [2.75, 3.05) is 0 Å². The largest absolute Gasteiger partial charge is 0.272 e. The molecule has 116 valence electrons. The van der Waals surface area contributed by atoms with Crippen LogP contribution in [0.2, 0.25) is 0 Å². The summed E-state index contributed by atoms with van der Waals surface area (Å²) in [6.07, 6.45) is 8.31. The van der Waals surface area contributed by atoms with Crippen LogP contribution < -0.4 is 5.43 Å². The fourth-order valence-corrected chi connectivity index (χ4v) is 4.73. The van der Waals surface area contributed by atoms with Gasteiger partial charge in [-0.1, -0.05) is 12.2 Å². The molecular formula is C17H15N3O3. The lowest BCUT2D eigenvalue weighted by Crippen LogP contribution is -2.46. The number of aromatic nitrogens is 1. The molecule has 6 atom stereocenters. The first kappa shape index (κ1) is 13.0. The average Bonchev–Trinajstić information content (AvgIpc) is 3.37. The Morgan fingerprint density at radius 3 is 2.35 bits per heavy atom. The molecule has 3 amide bonds. The van der Waals surface area contributed by atoms with Crippen molar-refractivity contribution in [3.63, 3.8) is 0 Å². The van der Waals surface area contributed by atoms with E-state index in [4.69, 9.17) is 0 Å². The van der Waals surface area contributed by atoms with Crippen LogP contribution in [0.4, 0.5) is 0 Å². The molecular weight excluding hydrogens is 294 g/mol. The van der Waals surface area contributed by atoms with Gasteiger partial charge in [-0.2, -0.15) is 5.01 Å². The van der Waals surface area contributed by atoms with Crippen LogP contribution >= 0.6 is 0 Å². The van der Waals surface area contributed by atoms with Crippen LogP contribution in [0.15, 0.2) is 36.7 Å². The lowest BCUT2D eigenvalue weighted by molar-refractivity contribution is -0.143. The number of hydrazine groups is 1. The van der Waals surface area contributed by atoms with E-state index < -0.39 is 5.91 Å². The van der Waals surface area contributed by atoms with Crippen LogP contribution in [0.1, 0.15) is 16.8 Å². The highest BCUT2D eigenvalue weighted by Crippen LogP contribution is 2.65. The number of rotatable bonds is 2. The average molecular weight is 309 g/mol. The van der Waals surface area contributed by atoms with Gasteiger partial charge in [-0.05, 0) is 42.2 Å². The number of carbonyl (C=O) groups excluding carboxylic acids is 3. The summed E-state index contributed by atoms with van der Waals surface area (Å²) in [5.74, 6) is -0.175. The third-order valence-corrected chi connectivity index (χ3v) is 5.80. The van der Waals surface area contributed by atoms with E-state index in [1.165, 1.54) is 6.20 Å². The number of pyridine rings is 1. The maximum absolute atomic E-state index is 12.7. The molecule has 2 bridgehead atoms. The minimum absolute atomic E-state index is 0.159. The highest BCUT2D eigenvalue weighted by atomic mass is 16.2. The fraction of sp³-hybridized carbons (Fsp3) is 0.412. The molecule has 1 N–H and O–H groups in total. The van der Waals surface area contributed by atoms with Crippen molar-refractivity contribution in [3.8, 4) is 0 Å². The van der Waals surface area contributed by atoms with E-state index in [2.05, 4.69) is 22.6 Å². The molecule has 0 aromatic carbocycles. The van der Waals surface area contributed by atoms with Gasteiger partial charge in [0, 0.05) is 12.4 Å². The third kappa shape index (κ3) is 1.63. The Morgan fingerprint density at radius 1 is 1.13 bits per heavy atom. The van der Waals surface area contributed by atoms with Gasteiger partial charge in [0.05, 0.1) is 17.4 Å². The molecule has 1 saturated heterocycles. The number of hydrogen-bond acceptors (Lipinski definition) is 4. The SMILES string of the molecule is O=C(NN1C(=O)[C@@H]2[C@@H]3C=C[C@H]([C@@H]4C[C@H]34)[C@@H]2C1=O)c1cccnc1. The zero-order valence-electron chi connectivity index (χ0n) is 12.3. The standard InChI is InChI=1S/C17H15N3O3/c21-15(8-2-1-5-18-7-8)19-20-16(22)13-9-3-4-10(12-6-11(9)12)14(13)17(20)23/h1-5,7,9-14H,6H2,(H,19,21)/t9-,10-,11-,12+,13-,14+/m1/s1. The molecule has 3 fully saturated rings. The molecule has 1 aromatic rings. The minimum atomic E-state index is -0.482. The summed E-state index contributed by atoms with van der Waals surface area (Å²) in [6.45, 7) is 0. The molecule has 6 rings (SSSR count). The van der Waals surface area contributed by atoms with Crippen molar-refractivity contribution in [3.05, 3.63) is 42.2 Å². The van der Waals surface area contributed by atoms with Gasteiger partial charge in [0.25, 0.3) is 17.7 Å². The van der Waals surface area contributed by atoms with Gasteiger partial charge in [0.2, 0.25) is 0 Å². The van der Waals surface area contributed by atoms with E-state index in [0.29, 0.717) is 17.4 Å². The molecule has 6 heteroatoms. The molecule has 6 nitrogen and oxygen atoms in total. The summed E-state index contributed by atoms with van der Waals surface area (Å²) in [6, 6.07) is 3.24. The first-order valence-corrected chi connectivity index (χ1v) is 7.94. The minimum Gasteiger partial charge on any atom is -0.272 e. The second-order valence-electron chi connectivity index (χ2n) is 6.85. The Bertz CT molecular complexity index is 724. The van der Waals surface area contributed by atoms with E-state index in [9.17, 15) is 14.4 Å². The van der Waals surface area contributed by atoms with E-state index in [0.717, 1.165) is 11.4 Å². The molecule has 4 aliphatic carbocycles. The number of nitrogens with zero attached hydrogens (tertiary/aromatic N) is 2. The molecule has 1 aromatic heterocycles. The number of hydrogen-bond donors (Lipinski definition) is 1. The lowest BCUT2D eigenvalue weighted by Gasteiger charge is -2.37. The molecule has 1 aliphatic heterocycles. The van der Waals surface area contributed by atoms with Crippen molar-refractivity contribution in [2.24, 2.45) is 35.5 Å². The monoisotopic (exact) mass is 309 g/mol. The maximum atomic E-state index is 12.7. The summed E-state index contributed by atoms with van der Waals surface area (Å²) in [5, 5.41) is 0.947. The maximum Gasteiger partial charge on any atom is 0.271 e. The Hall–Kier alpha value is -2.50. The van der Waals surface area contributed by atoms with E-state index in [1.807, 2.05) is 0 Å². The van der Waals surface area contributed by atoms with Crippen LogP contribution in [0.5, 0.6) is 0 Å². The quantitative estimate of drug-likeness (QED) is 0.647. The summed E-state index contributed by atoms with van der Waals surface area (Å²) >= 11 is 0. The van der Waals surface area contributed by atoms with Gasteiger partial charge in [-0.15, -0.1) is 0 Å². The van der Waals surface area contributed by atoms with Gasteiger partial charge in [-0.25, -0.2) is 0 Å². The predicted molar refractivity (Wildman–Crippen MR) is 78.3 cm³/mol. The van der Waals surface area contributed by atoms with E-state index in [-0.39, 0.29) is 35.5 Å². The molecule has 23 heavy (non-hydrogen) atoms. The smallest absolute Gasteiger partial charge is 0.271 e. The normalized spacial score (nSPS) is 39.2. The summed E-state index contributed by atoms with van der Waals surface area (Å²) in [7, 11) is 0. The summed E-state index contributed by atoms with van der Waals surface area (Å²) < 4.78 is 0. The van der Waals surface area contributed by atoms with Gasteiger partial charge < -0.3 is 0 Å². The van der Waals surface area contributed by atoms with Crippen LogP contribution in [-0.4, -0.2) is 27.7 Å². The second-order valence-corrected chi connectivity index (χ2v) is 6.85. The number of nitrogens with one attached hydrogen (secondary N) is 1. The number of allylic oxidation sites excluding steroid dienone is 2.